The number of nitrogens with two attached hydrogens (primary N) is 1. The smallest absolute Gasteiger partial charge is 0.326 e. The highest BCUT2D eigenvalue weighted by atomic mass is 32.2. The number of benzene rings is 1. The van der Waals surface area contributed by atoms with Gasteiger partial charge in [0.1, 0.15) is 23.9 Å². The Labute approximate surface area is 211 Å². The molecule has 1 aromatic carbocycles. The molecule has 8 N–H and O–H groups in total. The van der Waals surface area contributed by atoms with E-state index < -0.39 is 60.2 Å². The van der Waals surface area contributed by atoms with Gasteiger partial charge in [0.25, 0.3) is 0 Å². The number of nitrogens with one attached hydrogen (secondary N) is 3. The quantitative estimate of drug-likeness (QED) is 0.129. The Balaban J connectivity index is 2.90. The molecule has 0 radical (unpaired) electrons. The molecule has 0 heterocycles. The normalized spacial score (nSPS) is 14.1. The summed E-state index contributed by atoms with van der Waals surface area (Å²) in [6, 6.07) is 0.510. The van der Waals surface area contributed by atoms with Gasteiger partial charge in [0.15, 0.2) is 0 Å². The molecule has 0 aliphatic carbocycles. The molecule has 4 atom stereocenters. The van der Waals surface area contributed by atoms with E-state index in [4.69, 9.17) is 5.73 Å². The first-order valence-corrected chi connectivity index (χ1v) is 12.5. The summed E-state index contributed by atoms with van der Waals surface area (Å²) in [5.41, 5.74) is 6.27. The molecule has 0 saturated carbocycles. The van der Waals surface area contributed by atoms with Gasteiger partial charge in [0.2, 0.25) is 17.7 Å². The Morgan fingerprint density at radius 1 is 0.943 bits per heavy atom. The molecule has 12 nitrogen and oxygen atoms in total. The standard InChI is InChI=1S/C21H30N4O8S2/c1-35-7-6-13(22)18(29)25-16(10-34)20(31)23-14(9-17(27)28)19(30)24-15(21(32)33)8-11-2-4-12(26)5-3-11/h2-5,13-16,26,34H,6-10,22H2,1H3,(H,23,31)(H,24,30)(H,25,29)(H,27,28)(H,32,33). The van der Waals surface area contributed by atoms with E-state index >= 15 is 0 Å². The van der Waals surface area contributed by atoms with Gasteiger partial charge < -0.3 is 37.0 Å². The number of phenols is 1. The lowest BCUT2D eigenvalue weighted by molar-refractivity contribution is -0.143. The number of hydrogen-bond acceptors (Lipinski definition) is 9. The number of aliphatic carboxylic acids is 2. The van der Waals surface area contributed by atoms with E-state index in [0.717, 1.165) is 0 Å². The fourth-order valence-electron chi connectivity index (χ4n) is 2.85. The fraction of sp³-hybridized carbons (Fsp3) is 0.476. The van der Waals surface area contributed by atoms with E-state index in [-0.39, 0.29) is 17.9 Å². The zero-order valence-corrected chi connectivity index (χ0v) is 20.7. The molecule has 14 heteroatoms. The van der Waals surface area contributed by atoms with Crippen LogP contribution in [0.4, 0.5) is 0 Å². The van der Waals surface area contributed by atoms with Gasteiger partial charge in [0, 0.05) is 12.2 Å². The van der Waals surface area contributed by atoms with E-state index in [1.807, 2.05) is 6.26 Å². The van der Waals surface area contributed by atoms with Gasteiger partial charge >= 0.3 is 11.9 Å². The van der Waals surface area contributed by atoms with E-state index in [1.165, 1.54) is 36.0 Å². The van der Waals surface area contributed by atoms with Crippen LogP contribution in [-0.2, 0) is 30.4 Å². The van der Waals surface area contributed by atoms with Crippen LogP contribution in [0.3, 0.4) is 0 Å². The second kappa shape index (κ2) is 15.1. The second-order valence-electron chi connectivity index (χ2n) is 7.56. The minimum atomic E-state index is -1.62. The zero-order chi connectivity index (χ0) is 26.5. The number of thiol groups is 1. The third-order valence-electron chi connectivity index (χ3n) is 4.79. The Morgan fingerprint density at radius 3 is 2.00 bits per heavy atom. The highest BCUT2D eigenvalue weighted by molar-refractivity contribution is 7.98. The number of carboxylic acids is 2. The lowest BCUT2D eigenvalue weighted by atomic mass is 10.0. The minimum absolute atomic E-state index is 0.0232. The predicted octanol–water partition coefficient (Wildman–Crippen LogP) is -1.04. The number of hydrogen-bond donors (Lipinski definition) is 8. The Kier molecular flexibility index (Phi) is 13.0. The number of phenolic OH excluding ortho intramolecular Hbond substituents is 1. The molecule has 0 aliphatic heterocycles. The molecule has 4 unspecified atom stereocenters. The molecule has 0 fully saturated rings. The summed E-state index contributed by atoms with van der Waals surface area (Å²) in [5, 5.41) is 34.9. The molecule has 0 spiro atoms. The summed E-state index contributed by atoms with van der Waals surface area (Å²) < 4.78 is 0. The molecule has 0 aliphatic rings. The van der Waals surface area contributed by atoms with Crippen LogP contribution in [0.1, 0.15) is 18.4 Å². The summed E-state index contributed by atoms with van der Waals surface area (Å²) in [7, 11) is 0. The first-order chi connectivity index (χ1) is 16.5. The number of carbonyl (C=O) groups excluding carboxylic acids is 3. The first kappa shape index (κ1) is 30.1. The largest absolute Gasteiger partial charge is 0.508 e. The molecule has 3 amide bonds. The SMILES string of the molecule is CSCCC(N)C(=O)NC(CS)C(=O)NC(CC(=O)O)C(=O)NC(Cc1ccc(O)cc1)C(=O)O. The van der Waals surface area contributed by atoms with Crippen LogP contribution in [-0.4, -0.2) is 86.9 Å². The van der Waals surface area contributed by atoms with Crippen molar-refractivity contribution in [2.45, 2.75) is 43.4 Å². The summed E-state index contributed by atoms with van der Waals surface area (Å²) in [4.78, 5) is 60.5. The Bertz CT molecular complexity index is 900. The molecular weight excluding hydrogens is 500 g/mol. The third kappa shape index (κ3) is 10.9. The lowest BCUT2D eigenvalue weighted by Crippen LogP contribution is -2.58. The van der Waals surface area contributed by atoms with Crippen molar-refractivity contribution < 1.29 is 39.3 Å². The van der Waals surface area contributed by atoms with Gasteiger partial charge in [-0.15, -0.1) is 0 Å². The topological polar surface area (TPSA) is 208 Å². The Hall–Kier alpha value is -2.97. The van der Waals surface area contributed by atoms with Gasteiger partial charge in [0.05, 0.1) is 12.5 Å². The number of amides is 3. The molecule has 194 valence electrons. The summed E-state index contributed by atoms with van der Waals surface area (Å²) >= 11 is 5.52. The van der Waals surface area contributed by atoms with E-state index in [9.17, 15) is 39.3 Å². The van der Waals surface area contributed by atoms with Crippen molar-refractivity contribution in [2.24, 2.45) is 5.73 Å². The minimum Gasteiger partial charge on any atom is -0.508 e. The Morgan fingerprint density at radius 2 is 1.49 bits per heavy atom. The maximum atomic E-state index is 12.7. The van der Waals surface area contributed by atoms with Crippen LogP contribution in [0, 0.1) is 0 Å². The molecule has 1 aromatic rings. The van der Waals surface area contributed by atoms with Gasteiger partial charge in [-0.3, -0.25) is 19.2 Å². The number of carboxylic acid groups (broad SMARTS) is 2. The van der Waals surface area contributed by atoms with E-state index in [1.54, 1.807) is 0 Å². The van der Waals surface area contributed by atoms with Gasteiger partial charge in [-0.05, 0) is 36.1 Å². The summed E-state index contributed by atoms with van der Waals surface area (Å²) in [5.74, 6) is -4.87. The van der Waals surface area contributed by atoms with Crippen LogP contribution < -0.4 is 21.7 Å². The number of rotatable bonds is 15. The second-order valence-corrected chi connectivity index (χ2v) is 8.91. The molecule has 0 bridgehead atoms. The number of aromatic hydroxyl groups is 1. The monoisotopic (exact) mass is 530 g/mol. The van der Waals surface area contributed by atoms with E-state index in [2.05, 4.69) is 28.6 Å². The first-order valence-electron chi connectivity index (χ1n) is 10.5. The van der Waals surface area contributed by atoms with Crippen LogP contribution in [0.25, 0.3) is 0 Å². The van der Waals surface area contributed by atoms with Crippen LogP contribution in [0.5, 0.6) is 5.75 Å². The molecule has 35 heavy (non-hydrogen) atoms. The van der Waals surface area contributed by atoms with Gasteiger partial charge in [-0.2, -0.15) is 24.4 Å². The van der Waals surface area contributed by atoms with Crippen LogP contribution in [0.2, 0.25) is 0 Å². The van der Waals surface area contributed by atoms with Crippen molar-refractivity contribution in [1.29, 1.82) is 0 Å². The molecular formula is C21H30N4O8S2. The average molecular weight is 531 g/mol. The summed E-state index contributed by atoms with van der Waals surface area (Å²) in [6.45, 7) is 0. The highest BCUT2D eigenvalue weighted by Gasteiger charge is 2.31. The van der Waals surface area contributed by atoms with Crippen molar-refractivity contribution in [1.82, 2.24) is 16.0 Å². The summed E-state index contributed by atoms with van der Waals surface area (Å²) in [6.07, 6.45) is 1.24. The fourth-order valence-corrected chi connectivity index (χ4v) is 3.59. The highest BCUT2D eigenvalue weighted by Crippen LogP contribution is 2.12. The molecule has 0 saturated heterocycles. The average Bonchev–Trinajstić information content (AvgIpc) is 2.80. The maximum absolute atomic E-state index is 12.7. The van der Waals surface area contributed by atoms with Crippen molar-refractivity contribution in [3.05, 3.63) is 29.8 Å². The van der Waals surface area contributed by atoms with Crippen molar-refractivity contribution in [2.75, 3.05) is 17.8 Å². The van der Waals surface area contributed by atoms with Crippen molar-refractivity contribution in [3.8, 4) is 5.75 Å². The van der Waals surface area contributed by atoms with Crippen molar-refractivity contribution in [3.63, 3.8) is 0 Å². The zero-order valence-electron chi connectivity index (χ0n) is 19.0. The van der Waals surface area contributed by atoms with Gasteiger partial charge in [-0.25, -0.2) is 4.79 Å². The lowest BCUT2D eigenvalue weighted by Gasteiger charge is -2.24. The number of thioether (sulfide) groups is 1. The van der Waals surface area contributed by atoms with E-state index in [0.29, 0.717) is 17.7 Å². The predicted molar refractivity (Wildman–Crippen MR) is 132 cm³/mol. The third-order valence-corrected chi connectivity index (χ3v) is 5.80. The maximum Gasteiger partial charge on any atom is 0.326 e. The molecule has 0 aromatic heterocycles. The molecule has 1 rings (SSSR count). The van der Waals surface area contributed by atoms with Gasteiger partial charge in [-0.1, -0.05) is 12.1 Å². The van der Waals surface area contributed by atoms with Crippen molar-refractivity contribution >= 4 is 54.1 Å². The van der Waals surface area contributed by atoms with Crippen LogP contribution >= 0.6 is 24.4 Å². The van der Waals surface area contributed by atoms with Crippen LogP contribution in [0.15, 0.2) is 24.3 Å². The number of carbonyl (C=O) groups is 5.